The van der Waals surface area contributed by atoms with Gasteiger partial charge in [-0.2, -0.15) is 0 Å². The van der Waals surface area contributed by atoms with Crippen LogP contribution in [0.2, 0.25) is 5.02 Å². The molecule has 3 aromatic heterocycles. The van der Waals surface area contributed by atoms with Crippen LogP contribution in [0.25, 0.3) is 39.0 Å². The number of halogens is 1. The number of pyridine rings is 1. The zero-order chi connectivity index (χ0) is 23.4. The summed E-state index contributed by atoms with van der Waals surface area (Å²) in [5.74, 6) is 2.44. The Hall–Kier alpha value is -3.49. The molecule has 5 aromatic rings. The Morgan fingerprint density at radius 2 is 1.97 bits per heavy atom. The Balaban J connectivity index is 1.54. The van der Waals surface area contributed by atoms with Crippen molar-refractivity contribution < 1.29 is 4.74 Å². The molecular weight excluding hydrogens is 462 g/mol. The number of rotatable bonds is 5. The fourth-order valence-electron chi connectivity index (χ4n) is 5.04. The average molecular weight is 486 g/mol. The second-order valence-corrected chi connectivity index (χ2v) is 9.68. The molecule has 0 bridgehead atoms. The third-order valence-electron chi connectivity index (χ3n) is 6.97. The van der Waals surface area contributed by atoms with E-state index in [2.05, 4.69) is 53.9 Å². The lowest BCUT2D eigenvalue weighted by molar-refractivity contribution is 0.122. The summed E-state index contributed by atoms with van der Waals surface area (Å²) < 4.78 is 7.91. The first-order valence-electron chi connectivity index (χ1n) is 12.0. The molecule has 9 heteroatoms. The first kappa shape index (κ1) is 20.8. The van der Waals surface area contributed by atoms with Crippen LogP contribution >= 0.6 is 11.6 Å². The summed E-state index contributed by atoms with van der Waals surface area (Å²) in [6.45, 7) is 3.13. The van der Waals surface area contributed by atoms with Crippen molar-refractivity contribution in [2.45, 2.75) is 19.3 Å². The summed E-state index contributed by atoms with van der Waals surface area (Å²) in [6, 6.07) is 12.4. The van der Waals surface area contributed by atoms with Gasteiger partial charge in [-0.3, -0.25) is 9.55 Å². The maximum absolute atomic E-state index is 6.54. The fraction of sp³-hybridized carbons (Fsp3) is 0.308. The zero-order valence-corrected chi connectivity index (χ0v) is 19.9. The summed E-state index contributed by atoms with van der Waals surface area (Å²) in [6.07, 6.45) is 6.88. The molecule has 0 radical (unpaired) electrons. The first-order chi connectivity index (χ1) is 17.3. The topological polar surface area (TPSA) is 84.8 Å². The summed E-state index contributed by atoms with van der Waals surface area (Å²) in [7, 11) is 0. The van der Waals surface area contributed by atoms with Gasteiger partial charge in [-0.25, -0.2) is 4.98 Å². The number of nitrogens with one attached hydrogen (secondary N) is 1. The number of benzene rings is 2. The van der Waals surface area contributed by atoms with Gasteiger partial charge in [-0.15, -0.1) is 10.2 Å². The molecule has 2 aromatic carbocycles. The second kappa shape index (κ2) is 8.32. The monoisotopic (exact) mass is 485 g/mol. The minimum absolute atomic E-state index is 0.647. The molecule has 0 unspecified atom stereocenters. The number of H-pyrrole nitrogens is 1. The lowest BCUT2D eigenvalue weighted by atomic mass is 10.1. The third-order valence-corrected chi connectivity index (χ3v) is 7.28. The zero-order valence-electron chi connectivity index (χ0n) is 19.1. The number of nitrogens with zero attached hydrogens (tertiary/aromatic N) is 6. The van der Waals surface area contributed by atoms with Crippen molar-refractivity contribution in [3.63, 3.8) is 0 Å². The largest absolute Gasteiger partial charge is 0.378 e. The van der Waals surface area contributed by atoms with Crippen LogP contribution in [0, 0.1) is 5.92 Å². The standard InChI is InChI=1S/C26H24ClN7O/c27-20-3-1-2-18-21(6-7-28-24(18)20)34-22-14-17(33-8-10-35-11-9-33)13-19(26-29-15-30-32-26)25(22)31-23(34)12-16-4-5-16/h1-3,6-7,13-16H,4-5,8-12H2,(H,29,30,32). The number of hydrogen-bond acceptors (Lipinski definition) is 6. The van der Waals surface area contributed by atoms with E-state index in [1.54, 1.807) is 6.33 Å². The molecule has 1 aliphatic carbocycles. The summed E-state index contributed by atoms with van der Waals surface area (Å²) in [5, 5.41) is 10.0. The number of hydrogen-bond donors (Lipinski definition) is 1. The van der Waals surface area contributed by atoms with Crippen LogP contribution < -0.4 is 4.90 Å². The van der Waals surface area contributed by atoms with Crippen molar-refractivity contribution in [1.82, 2.24) is 29.7 Å². The van der Waals surface area contributed by atoms with E-state index < -0.39 is 0 Å². The molecule has 1 N–H and O–H groups in total. The molecule has 7 rings (SSSR count). The van der Waals surface area contributed by atoms with E-state index >= 15 is 0 Å². The smallest absolute Gasteiger partial charge is 0.163 e. The number of aromatic amines is 1. The Morgan fingerprint density at radius 1 is 1.09 bits per heavy atom. The number of morpholine rings is 1. The van der Waals surface area contributed by atoms with Gasteiger partial charge in [0.25, 0.3) is 0 Å². The molecule has 4 heterocycles. The molecule has 8 nitrogen and oxygen atoms in total. The molecule has 2 aliphatic rings. The SMILES string of the molecule is Clc1cccc2c(-n3c(CC4CC4)nc4c(-c5nnc[nH]5)cc(N5CCOCC5)cc43)ccnc12. The number of para-hydroxylation sites is 1. The highest BCUT2D eigenvalue weighted by Crippen LogP contribution is 2.39. The van der Waals surface area contributed by atoms with Crippen LogP contribution in [0.3, 0.4) is 0 Å². The molecule has 35 heavy (non-hydrogen) atoms. The number of fused-ring (bicyclic) bond motifs is 2. The molecule has 1 saturated carbocycles. The van der Waals surface area contributed by atoms with Gasteiger partial charge in [0.05, 0.1) is 35.0 Å². The third kappa shape index (κ3) is 3.64. The van der Waals surface area contributed by atoms with E-state index in [0.717, 1.165) is 83.2 Å². The van der Waals surface area contributed by atoms with Gasteiger partial charge in [0.1, 0.15) is 17.7 Å². The second-order valence-electron chi connectivity index (χ2n) is 9.28. The van der Waals surface area contributed by atoms with Crippen LogP contribution in [0.1, 0.15) is 18.7 Å². The Morgan fingerprint density at radius 3 is 2.77 bits per heavy atom. The van der Waals surface area contributed by atoms with E-state index in [0.29, 0.717) is 10.9 Å². The van der Waals surface area contributed by atoms with Gasteiger partial charge in [-0.1, -0.05) is 23.7 Å². The Bertz CT molecular complexity index is 1530. The van der Waals surface area contributed by atoms with Gasteiger partial charge < -0.3 is 14.6 Å². The number of imidazole rings is 1. The number of anilines is 1. The summed E-state index contributed by atoms with van der Waals surface area (Å²) >= 11 is 6.54. The quantitative estimate of drug-likeness (QED) is 0.385. The van der Waals surface area contributed by atoms with Crippen LogP contribution in [0.4, 0.5) is 5.69 Å². The lowest BCUT2D eigenvalue weighted by Gasteiger charge is -2.29. The molecule has 0 amide bonds. The van der Waals surface area contributed by atoms with Crippen molar-refractivity contribution in [2.75, 3.05) is 31.2 Å². The van der Waals surface area contributed by atoms with Gasteiger partial charge in [0.2, 0.25) is 0 Å². The molecule has 176 valence electrons. The summed E-state index contributed by atoms with van der Waals surface area (Å²) in [4.78, 5) is 15.3. The minimum atomic E-state index is 0.647. The van der Waals surface area contributed by atoms with Crippen molar-refractivity contribution in [3.8, 4) is 17.1 Å². The van der Waals surface area contributed by atoms with Crippen LogP contribution in [0.5, 0.6) is 0 Å². The molecule has 0 spiro atoms. The van der Waals surface area contributed by atoms with Crippen molar-refractivity contribution in [1.29, 1.82) is 0 Å². The van der Waals surface area contributed by atoms with Gasteiger partial charge in [0.15, 0.2) is 5.82 Å². The van der Waals surface area contributed by atoms with Crippen LogP contribution in [0.15, 0.2) is 48.9 Å². The van der Waals surface area contributed by atoms with Gasteiger partial charge >= 0.3 is 0 Å². The maximum atomic E-state index is 6.54. The van der Waals surface area contributed by atoms with E-state index in [9.17, 15) is 0 Å². The van der Waals surface area contributed by atoms with Crippen molar-refractivity contribution in [2.24, 2.45) is 5.92 Å². The highest BCUT2D eigenvalue weighted by Gasteiger charge is 2.28. The lowest BCUT2D eigenvalue weighted by Crippen LogP contribution is -2.36. The summed E-state index contributed by atoms with van der Waals surface area (Å²) in [5.41, 5.74) is 5.88. The minimum Gasteiger partial charge on any atom is -0.378 e. The Labute approximate surface area is 206 Å². The molecule has 0 atom stereocenters. The highest BCUT2D eigenvalue weighted by atomic mass is 35.5. The highest BCUT2D eigenvalue weighted by molar-refractivity contribution is 6.35. The maximum Gasteiger partial charge on any atom is 0.163 e. The van der Waals surface area contributed by atoms with E-state index in [4.69, 9.17) is 21.3 Å². The first-order valence-corrected chi connectivity index (χ1v) is 12.4. The molecule has 2 fully saturated rings. The van der Waals surface area contributed by atoms with Crippen LogP contribution in [-0.4, -0.2) is 56.0 Å². The van der Waals surface area contributed by atoms with E-state index in [1.807, 2.05) is 18.3 Å². The molecule has 1 aliphatic heterocycles. The normalized spacial score (nSPS) is 16.4. The van der Waals surface area contributed by atoms with Crippen molar-refractivity contribution >= 4 is 39.2 Å². The van der Waals surface area contributed by atoms with Gasteiger partial charge in [-0.05, 0) is 43.0 Å². The van der Waals surface area contributed by atoms with Crippen LogP contribution in [-0.2, 0) is 11.2 Å². The predicted octanol–water partition coefficient (Wildman–Crippen LogP) is 4.80. The van der Waals surface area contributed by atoms with Crippen molar-refractivity contribution in [3.05, 3.63) is 59.8 Å². The fourth-order valence-corrected chi connectivity index (χ4v) is 5.26. The average Bonchev–Trinajstić information content (AvgIpc) is 3.39. The van der Waals surface area contributed by atoms with E-state index in [-0.39, 0.29) is 0 Å². The number of ether oxygens (including phenoxy) is 1. The molecular formula is C26H24ClN7O. The molecule has 1 saturated heterocycles. The Kier molecular flexibility index (Phi) is 4.96. The van der Waals surface area contributed by atoms with E-state index in [1.165, 1.54) is 12.8 Å². The number of aromatic nitrogens is 6. The van der Waals surface area contributed by atoms with Gasteiger partial charge in [0, 0.05) is 42.3 Å². The predicted molar refractivity (Wildman–Crippen MR) is 136 cm³/mol.